The molecule has 0 aliphatic carbocycles. The Labute approximate surface area is 128 Å². The average Bonchev–Trinajstić information content (AvgIpc) is 2.75. The predicted molar refractivity (Wildman–Crippen MR) is 83.5 cm³/mol. The lowest BCUT2D eigenvalue weighted by Crippen LogP contribution is -2.25. The van der Waals surface area contributed by atoms with Crippen LogP contribution in [-0.4, -0.2) is 21.4 Å². The normalized spacial score (nSPS) is 11.5. The Balaban J connectivity index is 1.98. The van der Waals surface area contributed by atoms with Gasteiger partial charge in [0.15, 0.2) is 0 Å². The van der Waals surface area contributed by atoms with Gasteiger partial charge < -0.3 is 0 Å². The highest BCUT2D eigenvalue weighted by Gasteiger charge is 2.06. The molecule has 0 saturated carbocycles. The zero-order valence-corrected chi connectivity index (χ0v) is 13.0. The van der Waals surface area contributed by atoms with E-state index in [1.165, 1.54) is 0 Å². The van der Waals surface area contributed by atoms with Crippen molar-refractivity contribution in [2.75, 3.05) is 0 Å². The Morgan fingerprint density at radius 1 is 1.33 bits per heavy atom. The number of carbonyl (C=O) groups is 1. The largest absolute Gasteiger partial charge is 0.271 e. The van der Waals surface area contributed by atoms with Gasteiger partial charge in [0.25, 0.3) is 5.91 Å². The summed E-state index contributed by atoms with van der Waals surface area (Å²) in [4.78, 5) is 11.9. The van der Waals surface area contributed by atoms with Crippen LogP contribution in [-0.2, 0) is 11.3 Å². The minimum atomic E-state index is -0.213. The van der Waals surface area contributed by atoms with Crippen LogP contribution in [0.3, 0.4) is 0 Å². The zero-order chi connectivity index (χ0) is 15.4. The van der Waals surface area contributed by atoms with Gasteiger partial charge in [-0.3, -0.25) is 9.48 Å². The number of carbonyl (C=O) groups excluding carboxylic acids is 1. The Kier molecular flexibility index (Phi) is 4.75. The maximum absolute atomic E-state index is 11.9. The van der Waals surface area contributed by atoms with Crippen LogP contribution in [0.25, 0.3) is 0 Å². The van der Waals surface area contributed by atoms with E-state index >= 15 is 0 Å². The molecule has 1 amide bonds. The van der Waals surface area contributed by atoms with Crippen LogP contribution < -0.4 is 5.43 Å². The first-order valence-corrected chi connectivity index (χ1v) is 6.93. The van der Waals surface area contributed by atoms with E-state index in [1.54, 1.807) is 16.8 Å². The van der Waals surface area contributed by atoms with Crippen LogP contribution in [0.4, 0.5) is 0 Å². The van der Waals surface area contributed by atoms with Crippen molar-refractivity contribution >= 4 is 23.2 Å². The SMILES string of the molecule is C/C(=N\NC(=O)Cn1nc(C)cc1C)c1ccc(Cl)cc1. The molecule has 0 aliphatic rings. The van der Waals surface area contributed by atoms with Gasteiger partial charge in [0.1, 0.15) is 6.54 Å². The molecule has 0 aliphatic heterocycles. The minimum Gasteiger partial charge on any atom is -0.271 e. The first-order valence-electron chi connectivity index (χ1n) is 6.56. The number of halogens is 1. The summed E-state index contributed by atoms with van der Waals surface area (Å²) in [6.45, 7) is 5.78. The van der Waals surface area contributed by atoms with Crippen molar-refractivity contribution in [2.24, 2.45) is 5.10 Å². The predicted octanol–water partition coefficient (Wildman–Crippen LogP) is 2.69. The minimum absolute atomic E-state index is 0.150. The molecule has 6 heteroatoms. The number of hydrazone groups is 1. The fraction of sp³-hybridized carbons (Fsp3) is 0.267. The summed E-state index contributed by atoms with van der Waals surface area (Å²) in [5, 5.41) is 8.99. The second-order valence-electron chi connectivity index (χ2n) is 4.82. The van der Waals surface area contributed by atoms with E-state index in [2.05, 4.69) is 15.6 Å². The summed E-state index contributed by atoms with van der Waals surface area (Å²) >= 11 is 5.83. The van der Waals surface area contributed by atoms with E-state index in [0.717, 1.165) is 17.0 Å². The molecular formula is C15H17ClN4O. The van der Waals surface area contributed by atoms with Gasteiger partial charge in [-0.2, -0.15) is 10.2 Å². The van der Waals surface area contributed by atoms with Gasteiger partial charge in [-0.1, -0.05) is 23.7 Å². The third-order valence-electron chi connectivity index (χ3n) is 3.01. The van der Waals surface area contributed by atoms with Crippen molar-refractivity contribution in [3.63, 3.8) is 0 Å². The fourth-order valence-corrected chi connectivity index (χ4v) is 2.03. The third-order valence-corrected chi connectivity index (χ3v) is 3.26. The van der Waals surface area contributed by atoms with Gasteiger partial charge in [-0.25, -0.2) is 5.43 Å². The monoisotopic (exact) mass is 304 g/mol. The number of nitrogens with one attached hydrogen (secondary N) is 1. The molecule has 1 N–H and O–H groups in total. The van der Waals surface area contributed by atoms with E-state index in [-0.39, 0.29) is 12.5 Å². The van der Waals surface area contributed by atoms with Crippen molar-refractivity contribution in [1.82, 2.24) is 15.2 Å². The number of hydrogen-bond acceptors (Lipinski definition) is 3. The summed E-state index contributed by atoms with van der Waals surface area (Å²) in [6.07, 6.45) is 0. The van der Waals surface area contributed by atoms with Crippen molar-refractivity contribution in [3.8, 4) is 0 Å². The molecule has 1 aromatic carbocycles. The molecule has 0 atom stereocenters. The molecule has 0 spiro atoms. The van der Waals surface area contributed by atoms with Gasteiger partial charge in [-0.05, 0) is 44.5 Å². The van der Waals surface area contributed by atoms with Crippen LogP contribution in [0.2, 0.25) is 5.02 Å². The fourth-order valence-electron chi connectivity index (χ4n) is 1.91. The number of benzene rings is 1. The second-order valence-corrected chi connectivity index (χ2v) is 5.26. The van der Waals surface area contributed by atoms with E-state index in [9.17, 15) is 4.79 Å². The highest BCUT2D eigenvalue weighted by atomic mass is 35.5. The van der Waals surface area contributed by atoms with Crippen molar-refractivity contribution in [1.29, 1.82) is 0 Å². The van der Waals surface area contributed by atoms with E-state index in [4.69, 9.17) is 11.6 Å². The highest BCUT2D eigenvalue weighted by molar-refractivity contribution is 6.30. The first kappa shape index (κ1) is 15.3. The van der Waals surface area contributed by atoms with Crippen LogP contribution in [0.1, 0.15) is 23.9 Å². The maximum Gasteiger partial charge on any atom is 0.261 e. The molecule has 21 heavy (non-hydrogen) atoms. The summed E-state index contributed by atoms with van der Waals surface area (Å²) in [6, 6.07) is 9.21. The highest BCUT2D eigenvalue weighted by Crippen LogP contribution is 2.10. The van der Waals surface area contributed by atoms with Gasteiger partial charge >= 0.3 is 0 Å². The topological polar surface area (TPSA) is 59.3 Å². The molecule has 1 heterocycles. The molecular weight excluding hydrogens is 288 g/mol. The summed E-state index contributed by atoms with van der Waals surface area (Å²) in [5.41, 5.74) is 6.00. The van der Waals surface area contributed by atoms with Crippen LogP contribution >= 0.6 is 11.6 Å². The van der Waals surface area contributed by atoms with Gasteiger partial charge in [0.2, 0.25) is 0 Å². The number of rotatable bonds is 4. The van der Waals surface area contributed by atoms with E-state index < -0.39 is 0 Å². The van der Waals surface area contributed by atoms with Crippen molar-refractivity contribution in [3.05, 3.63) is 52.3 Å². The molecule has 0 unspecified atom stereocenters. The lowest BCUT2D eigenvalue weighted by molar-refractivity contribution is -0.121. The third kappa shape index (κ3) is 4.16. The van der Waals surface area contributed by atoms with Gasteiger partial charge in [0, 0.05) is 10.7 Å². The molecule has 1 aromatic heterocycles. The molecule has 5 nitrogen and oxygen atoms in total. The van der Waals surface area contributed by atoms with Crippen molar-refractivity contribution < 1.29 is 4.79 Å². The lowest BCUT2D eigenvalue weighted by atomic mass is 10.1. The summed E-state index contributed by atoms with van der Waals surface area (Å²) in [5.74, 6) is -0.213. The zero-order valence-electron chi connectivity index (χ0n) is 12.2. The van der Waals surface area contributed by atoms with Crippen molar-refractivity contribution in [2.45, 2.75) is 27.3 Å². The second kappa shape index (κ2) is 6.54. The van der Waals surface area contributed by atoms with Crippen LogP contribution in [0.5, 0.6) is 0 Å². The number of aryl methyl sites for hydroxylation is 2. The molecule has 0 fully saturated rings. The number of hydrogen-bond donors (Lipinski definition) is 1. The number of amides is 1. The van der Waals surface area contributed by atoms with Gasteiger partial charge in [-0.15, -0.1) is 0 Å². The maximum atomic E-state index is 11.9. The molecule has 0 bridgehead atoms. The molecule has 2 aromatic rings. The summed E-state index contributed by atoms with van der Waals surface area (Å²) < 4.78 is 1.65. The molecule has 0 saturated heterocycles. The van der Waals surface area contributed by atoms with E-state index in [1.807, 2.05) is 39.0 Å². The first-order chi connectivity index (χ1) is 9.95. The average molecular weight is 305 g/mol. The Morgan fingerprint density at radius 3 is 2.57 bits per heavy atom. The summed E-state index contributed by atoms with van der Waals surface area (Å²) in [7, 11) is 0. The van der Waals surface area contributed by atoms with Crippen LogP contribution in [0.15, 0.2) is 35.4 Å². The quantitative estimate of drug-likeness (QED) is 0.697. The van der Waals surface area contributed by atoms with E-state index in [0.29, 0.717) is 10.7 Å². The Morgan fingerprint density at radius 2 is 2.00 bits per heavy atom. The number of nitrogens with zero attached hydrogens (tertiary/aromatic N) is 3. The smallest absolute Gasteiger partial charge is 0.261 e. The Hall–Kier alpha value is -2.14. The van der Waals surface area contributed by atoms with Crippen LogP contribution in [0, 0.1) is 13.8 Å². The number of aromatic nitrogens is 2. The molecule has 2 rings (SSSR count). The molecule has 110 valence electrons. The standard InChI is InChI=1S/C15H17ClN4O/c1-10-8-11(2)20(19-10)9-15(21)18-17-12(3)13-4-6-14(16)7-5-13/h4-8H,9H2,1-3H3,(H,18,21)/b17-12+. The lowest BCUT2D eigenvalue weighted by Gasteiger charge is -2.05. The molecule has 0 radical (unpaired) electrons. The van der Waals surface area contributed by atoms with Gasteiger partial charge in [0.05, 0.1) is 11.4 Å². The Bertz CT molecular complexity index is 673.